The molecule has 0 N–H and O–H groups in total. The van der Waals surface area contributed by atoms with Crippen molar-refractivity contribution >= 4 is 15.9 Å². The molecule has 3 aromatic rings. The van der Waals surface area contributed by atoms with Gasteiger partial charge < -0.3 is 0 Å². The number of hydrogen-bond acceptors (Lipinski definition) is 1. The highest BCUT2D eigenvalue weighted by atomic mass is 79.9. The fourth-order valence-corrected chi connectivity index (χ4v) is 2.45. The molecule has 0 bridgehead atoms. The fourth-order valence-electron chi connectivity index (χ4n) is 1.96. The standard InChI is InChI=1S/C15H10BrFN2/c16-14-10-18-19(13-4-2-1-3-5-13)15(14)11-6-8-12(17)9-7-11/h1-10H. The Bertz CT molecular complexity index is 690. The lowest BCUT2D eigenvalue weighted by Crippen LogP contribution is -1.98. The minimum Gasteiger partial charge on any atom is -0.232 e. The summed E-state index contributed by atoms with van der Waals surface area (Å²) in [5, 5.41) is 4.36. The van der Waals surface area contributed by atoms with Crippen LogP contribution in [0.3, 0.4) is 0 Å². The van der Waals surface area contributed by atoms with Gasteiger partial charge in [-0.2, -0.15) is 5.10 Å². The van der Waals surface area contributed by atoms with Crippen LogP contribution in [0.4, 0.5) is 4.39 Å². The lowest BCUT2D eigenvalue weighted by Gasteiger charge is -2.08. The Morgan fingerprint density at radius 2 is 1.63 bits per heavy atom. The molecule has 1 heterocycles. The molecule has 19 heavy (non-hydrogen) atoms. The molecule has 0 aliphatic carbocycles. The van der Waals surface area contributed by atoms with Gasteiger partial charge in [0.15, 0.2) is 0 Å². The van der Waals surface area contributed by atoms with Crippen LogP contribution in [0, 0.1) is 5.82 Å². The van der Waals surface area contributed by atoms with E-state index in [1.165, 1.54) is 12.1 Å². The van der Waals surface area contributed by atoms with Gasteiger partial charge in [-0.1, -0.05) is 18.2 Å². The van der Waals surface area contributed by atoms with Crippen molar-refractivity contribution in [1.82, 2.24) is 9.78 Å². The van der Waals surface area contributed by atoms with E-state index < -0.39 is 0 Å². The van der Waals surface area contributed by atoms with Crippen molar-refractivity contribution in [3.8, 4) is 16.9 Å². The first-order valence-electron chi connectivity index (χ1n) is 5.80. The van der Waals surface area contributed by atoms with Gasteiger partial charge in [-0.05, 0) is 52.3 Å². The minimum absolute atomic E-state index is 0.245. The van der Waals surface area contributed by atoms with Gasteiger partial charge in [-0.25, -0.2) is 9.07 Å². The molecule has 0 atom stereocenters. The molecule has 2 nitrogen and oxygen atoms in total. The number of benzene rings is 2. The number of rotatable bonds is 2. The third-order valence-corrected chi connectivity index (χ3v) is 3.42. The van der Waals surface area contributed by atoms with Crippen LogP contribution in [0.1, 0.15) is 0 Å². The summed E-state index contributed by atoms with van der Waals surface area (Å²) < 4.78 is 15.7. The topological polar surface area (TPSA) is 17.8 Å². The SMILES string of the molecule is Fc1ccc(-c2c(Br)cnn2-c2ccccc2)cc1. The van der Waals surface area contributed by atoms with Crippen LogP contribution in [-0.2, 0) is 0 Å². The van der Waals surface area contributed by atoms with Gasteiger partial charge in [0.1, 0.15) is 5.82 Å². The maximum atomic E-state index is 13.0. The highest BCUT2D eigenvalue weighted by molar-refractivity contribution is 9.10. The van der Waals surface area contributed by atoms with E-state index in [-0.39, 0.29) is 5.82 Å². The van der Waals surface area contributed by atoms with Gasteiger partial charge in [-0.15, -0.1) is 0 Å². The second-order valence-corrected chi connectivity index (χ2v) is 4.95. The normalized spacial score (nSPS) is 10.6. The summed E-state index contributed by atoms with van der Waals surface area (Å²) in [5.41, 5.74) is 2.79. The first kappa shape index (κ1) is 12.1. The fraction of sp³-hybridized carbons (Fsp3) is 0. The zero-order valence-electron chi connectivity index (χ0n) is 9.92. The maximum Gasteiger partial charge on any atom is 0.123 e. The Morgan fingerprint density at radius 3 is 2.32 bits per heavy atom. The van der Waals surface area contributed by atoms with Crippen molar-refractivity contribution in [2.75, 3.05) is 0 Å². The molecule has 0 fully saturated rings. The zero-order chi connectivity index (χ0) is 13.2. The molecule has 1 aromatic heterocycles. The number of hydrogen-bond donors (Lipinski definition) is 0. The van der Waals surface area contributed by atoms with Crippen molar-refractivity contribution < 1.29 is 4.39 Å². The van der Waals surface area contributed by atoms with Crippen LogP contribution < -0.4 is 0 Å². The summed E-state index contributed by atoms with van der Waals surface area (Å²) in [6.07, 6.45) is 1.74. The third-order valence-electron chi connectivity index (χ3n) is 2.84. The molecule has 94 valence electrons. The Morgan fingerprint density at radius 1 is 0.947 bits per heavy atom. The molecule has 0 amide bonds. The predicted molar refractivity (Wildman–Crippen MR) is 76.7 cm³/mol. The highest BCUT2D eigenvalue weighted by Gasteiger charge is 2.12. The molecule has 3 rings (SSSR count). The highest BCUT2D eigenvalue weighted by Crippen LogP contribution is 2.30. The summed E-state index contributed by atoms with van der Waals surface area (Å²) >= 11 is 3.49. The van der Waals surface area contributed by atoms with E-state index in [0.29, 0.717) is 0 Å². The van der Waals surface area contributed by atoms with Crippen molar-refractivity contribution in [2.24, 2.45) is 0 Å². The van der Waals surface area contributed by atoms with Crippen LogP contribution in [0.15, 0.2) is 65.3 Å². The van der Waals surface area contributed by atoms with Crippen LogP contribution >= 0.6 is 15.9 Å². The summed E-state index contributed by atoms with van der Waals surface area (Å²) in [7, 11) is 0. The lowest BCUT2D eigenvalue weighted by atomic mass is 10.1. The largest absolute Gasteiger partial charge is 0.232 e. The Hall–Kier alpha value is -1.94. The molecule has 0 aliphatic heterocycles. The van der Waals surface area contributed by atoms with Gasteiger partial charge in [0.05, 0.1) is 22.1 Å². The number of nitrogens with zero attached hydrogens (tertiary/aromatic N) is 2. The number of halogens is 2. The van der Waals surface area contributed by atoms with Crippen molar-refractivity contribution in [1.29, 1.82) is 0 Å². The number of para-hydroxylation sites is 1. The quantitative estimate of drug-likeness (QED) is 0.683. The van der Waals surface area contributed by atoms with Gasteiger partial charge >= 0.3 is 0 Å². The van der Waals surface area contributed by atoms with Gasteiger partial charge in [0.2, 0.25) is 0 Å². The van der Waals surface area contributed by atoms with E-state index in [9.17, 15) is 4.39 Å². The minimum atomic E-state index is -0.245. The van der Waals surface area contributed by atoms with Crippen LogP contribution in [0.5, 0.6) is 0 Å². The van der Waals surface area contributed by atoms with Gasteiger partial charge in [0.25, 0.3) is 0 Å². The molecule has 4 heteroatoms. The van der Waals surface area contributed by atoms with Crippen LogP contribution in [0.25, 0.3) is 16.9 Å². The van der Waals surface area contributed by atoms with Gasteiger partial charge in [-0.3, -0.25) is 0 Å². The van der Waals surface area contributed by atoms with E-state index in [1.54, 1.807) is 18.3 Å². The maximum absolute atomic E-state index is 13.0. The lowest BCUT2D eigenvalue weighted by molar-refractivity contribution is 0.628. The summed E-state index contributed by atoms with van der Waals surface area (Å²) in [5.74, 6) is -0.245. The summed E-state index contributed by atoms with van der Waals surface area (Å²) in [6, 6.07) is 16.2. The average molecular weight is 317 g/mol. The molecule has 0 saturated carbocycles. The second kappa shape index (κ2) is 4.97. The second-order valence-electron chi connectivity index (χ2n) is 4.10. The van der Waals surface area contributed by atoms with E-state index >= 15 is 0 Å². The molecular formula is C15H10BrFN2. The predicted octanol–water partition coefficient (Wildman–Crippen LogP) is 4.44. The smallest absolute Gasteiger partial charge is 0.123 e. The van der Waals surface area contributed by atoms with E-state index in [0.717, 1.165) is 21.4 Å². The molecular weight excluding hydrogens is 307 g/mol. The average Bonchev–Trinajstić information content (AvgIpc) is 2.83. The van der Waals surface area contributed by atoms with Gasteiger partial charge in [0, 0.05) is 5.56 Å². The monoisotopic (exact) mass is 316 g/mol. The Balaban J connectivity index is 2.17. The Labute approximate surface area is 118 Å². The van der Waals surface area contributed by atoms with Crippen molar-refractivity contribution in [2.45, 2.75) is 0 Å². The molecule has 0 saturated heterocycles. The first-order chi connectivity index (χ1) is 9.25. The first-order valence-corrected chi connectivity index (χ1v) is 6.60. The summed E-state index contributed by atoms with van der Waals surface area (Å²) in [6.45, 7) is 0. The van der Waals surface area contributed by atoms with Crippen molar-refractivity contribution in [3.05, 3.63) is 71.1 Å². The third kappa shape index (κ3) is 2.31. The van der Waals surface area contributed by atoms with Crippen molar-refractivity contribution in [3.63, 3.8) is 0 Å². The zero-order valence-corrected chi connectivity index (χ0v) is 11.5. The molecule has 0 unspecified atom stereocenters. The number of aromatic nitrogens is 2. The summed E-state index contributed by atoms with van der Waals surface area (Å²) in [4.78, 5) is 0. The molecule has 0 aliphatic rings. The Kier molecular flexibility index (Phi) is 3.17. The van der Waals surface area contributed by atoms with E-state index in [1.807, 2.05) is 35.0 Å². The molecule has 0 radical (unpaired) electrons. The van der Waals surface area contributed by atoms with E-state index in [2.05, 4.69) is 21.0 Å². The molecule has 2 aromatic carbocycles. The van der Waals surface area contributed by atoms with Crippen LogP contribution in [-0.4, -0.2) is 9.78 Å². The molecule has 0 spiro atoms. The van der Waals surface area contributed by atoms with Crippen LogP contribution in [0.2, 0.25) is 0 Å². The van der Waals surface area contributed by atoms with E-state index in [4.69, 9.17) is 0 Å².